The molecule has 0 aliphatic carbocycles. The largest absolute Gasteiger partial charge is 0.497 e. The average Bonchev–Trinajstić information content (AvgIpc) is 2.65. The highest BCUT2D eigenvalue weighted by Crippen LogP contribution is 2.11. The zero-order valence-electron chi connectivity index (χ0n) is 16.7. The van der Waals surface area contributed by atoms with Crippen molar-refractivity contribution in [2.75, 3.05) is 40.8 Å². The van der Waals surface area contributed by atoms with Crippen molar-refractivity contribution in [2.24, 2.45) is 4.99 Å². The van der Waals surface area contributed by atoms with Crippen LogP contribution in [0.3, 0.4) is 0 Å². The quantitative estimate of drug-likeness (QED) is 0.360. The van der Waals surface area contributed by atoms with Gasteiger partial charge < -0.3 is 20.3 Å². The lowest BCUT2D eigenvalue weighted by atomic mass is 10.1. The lowest BCUT2D eigenvalue weighted by molar-refractivity contribution is -0.127. The number of nitrogens with zero attached hydrogens (tertiary/aromatic N) is 2. The van der Waals surface area contributed by atoms with Crippen molar-refractivity contribution >= 4 is 11.9 Å². The molecule has 0 radical (unpaired) electrons. The molecule has 0 saturated heterocycles. The number of ether oxygens (including phenoxy) is 1. The van der Waals surface area contributed by atoms with Gasteiger partial charge in [0.25, 0.3) is 0 Å². The molecule has 1 aromatic rings. The molecule has 0 saturated carbocycles. The summed E-state index contributed by atoms with van der Waals surface area (Å²) in [5.74, 6) is 1.55. The SMILES string of the molecule is CCCCCCNC(=NCC(=O)N(C)C)NCCc1ccc(OC)cc1. The fourth-order valence-corrected chi connectivity index (χ4v) is 2.34. The van der Waals surface area contributed by atoms with Gasteiger partial charge in [-0.2, -0.15) is 0 Å². The molecular formula is C20H34N4O2. The highest BCUT2D eigenvalue weighted by atomic mass is 16.5. The second kappa shape index (κ2) is 13.0. The summed E-state index contributed by atoms with van der Waals surface area (Å²) >= 11 is 0. The van der Waals surface area contributed by atoms with E-state index in [2.05, 4.69) is 34.7 Å². The lowest BCUT2D eigenvalue weighted by Crippen LogP contribution is -2.40. The van der Waals surface area contributed by atoms with Crippen molar-refractivity contribution in [3.05, 3.63) is 29.8 Å². The van der Waals surface area contributed by atoms with Crippen LogP contribution >= 0.6 is 0 Å². The van der Waals surface area contributed by atoms with E-state index in [4.69, 9.17) is 4.74 Å². The number of amides is 1. The number of rotatable bonds is 11. The Morgan fingerprint density at radius 1 is 1.08 bits per heavy atom. The van der Waals surface area contributed by atoms with Gasteiger partial charge in [0, 0.05) is 27.2 Å². The van der Waals surface area contributed by atoms with Crippen LogP contribution < -0.4 is 15.4 Å². The maximum absolute atomic E-state index is 11.8. The zero-order chi connectivity index (χ0) is 19.2. The van der Waals surface area contributed by atoms with Gasteiger partial charge in [0.05, 0.1) is 7.11 Å². The zero-order valence-corrected chi connectivity index (χ0v) is 16.7. The maximum Gasteiger partial charge on any atom is 0.243 e. The van der Waals surface area contributed by atoms with Crippen molar-refractivity contribution in [3.8, 4) is 5.75 Å². The first kappa shape index (κ1) is 21.8. The van der Waals surface area contributed by atoms with E-state index in [1.54, 1.807) is 26.1 Å². The van der Waals surface area contributed by atoms with Crippen LogP contribution in [0.5, 0.6) is 5.75 Å². The van der Waals surface area contributed by atoms with Crippen LogP contribution in [-0.2, 0) is 11.2 Å². The summed E-state index contributed by atoms with van der Waals surface area (Å²) < 4.78 is 5.18. The molecule has 0 bridgehead atoms. The molecule has 0 aliphatic rings. The molecule has 0 fully saturated rings. The Hall–Kier alpha value is -2.24. The Bertz CT molecular complexity index is 541. The number of carbonyl (C=O) groups is 1. The molecular weight excluding hydrogens is 328 g/mol. The Balaban J connectivity index is 2.48. The van der Waals surface area contributed by atoms with Crippen LogP contribution in [0.1, 0.15) is 38.2 Å². The van der Waals surface area contributed by atoms with E-state index in [1.165, 1.54) is 24.8 Å². The van der Waals surface area contributed by atoms with Gasteiger partial charge in [0.1, 0.15) is 12.3 Å². The number of carbonyl (C=O) groups excluding carboxylic acids is 1. The first-order valence-corrected chi connectivity index (χ1v) is 9.42. The number of methoxy groups -OCH3 is 1. The first-order valence-electron chi connectivity index (χ1n) is 9.42. The van der Waals surface area contributed by atoms with Crippen LogP contribution in [-0.4, -0.2) is 57.6 Å². The lowest BCUT2D eigenvalue weighted by Gasteiger charge is -2.14. The molecule has 2 N–H and O–H groups in total. The highest BCUT2D eigenvalue weighted by molar-refractivity contribution is 5.84. The van der Waals surface area contributed by atoms with Crippen molar-refractivity contribution in [2.45, 2.75) is 39.0 Å². The van der Waals surface area contributed by atoms with Gasteiger partial charge in [-0.1, -0.05) is 38.3 Å². The molecule has 6 nitrogen and oxygen atoms in total. The predicted molar refractivity (Wildman–Crippen MR) is 108 cm³/mol. The van der Waals surface area contributed by atoms with Crippen molar-refractivity contribution in [3.63, 3.8) is 0 Å². The minimum absolute atomic E-state index is 0.00719. The molecule has 0 atom stereocenters. The molecule has 0 spiro atoms. The summed E-state index contributed by atoms with van der Waals surface area (Å²) in [5, 5.41) is 6.64. The van der Waals surface area contributed by atoms with Gasteiger partial charge in [-0.05, 0) is 30.5 Å². The van der Waals surface area contributed by atoms with Gasteiger partial charge in [0.2, 0.25) is 5.91 Å². The summed E-state index contributed by atoms with van der Waals surface area (Å²) in [6, 6.07) is 8.05. The molecule has 6 heteroatoms. The van der Waals surface area contributed by atoms with E-state index in [1.807, 2.05) is 12.1 Å². The minimum atomic E-state index is -0.00719. The van der Waals surface area contributed by atoms with Crippen molar-refractivity contribution in [1.29, 1.82) is 0 Å². The van der Waals surface area contributed by atoms with Gasteiger partial charge in [-0.3, -0.25) is 4.79 Å². The van der Waals surface area contributed by atoms with Crippen LogP contribution in [0.4, 0.5) is 0 Å². The van der Waals surface area contributed by atoms with Gasteiger partial charge in [-0.15, -0.1) is 0 Å². The second-order valence-corrected chi connectivity index (χ2v) is 6.47. The smallest absolute Gasteiger partial charge is 0.243 e. The van der Waals surface area contributed by atoms with E-state index in [0.717, 1.165) is 31.7 Å². The molecule has 26 heavy (non-hydrogen) atoms. The van der Waals surface area contributed by atoms with Crippen molar-refractivity contribution < 1.29 is 9.53 Å². The molecule has 0 unspecified atom stereocenters. The Kier molecular flexibility index (Phi) is 10.9. The van der Waals surface area contributed by atoms with Crippen molar-refractivity contribution in [1.82, 2.24) is 15.5 Å². The summed E-state index contributed by atoms with van der Waals surface area (Å²) in [7, 11) is 5.15. The monoisotopic (exact) mass is 362 g/mol. The number of nitrogens with one attached hydrogen (secondary N) is 2. The third-order valence-electron chi connectivity index (χ3n) is 4.06. The van der Waals surface area contributed by atoms with Crippen LogP contribution in [0.25, 0.3) is 0 Å². The molecule has 1 amide bonds. The molecule has 0 heterocycles. The predicted octanol–water partition coefficient (Wildman–Crippen LogP) is 2.44. The topological polar surface area (TPSA) is 66.0 Å². The summed E-state index contributed by atoms with van der Waals surface area (Å²) in [4.78, 5) is 17.7. The standard InChI is InChI=1S/C20H34N4O2/c1-5-6-7-8-14-21-20(23-16-19(25)24(2)3)22-15-13-17-9-11-18(26-4)12-10-17/h9-12H,5-8,13-16H2,1-4H3,(H2,21,22,23). The molecule has 0 aliphatic heterocycles. The van der Waals surface area contributed by atoms with E-state index >= 15 is 0 Å². The third-order valence-corrected chi connectivity index (χ3v) is 4.06. The number of likely N-dealkylation sites (N-methyl/N-ethyl adjacent to an activating group) is 1. The number of benzene rings is 1. The fourth-order valence-electron chi connectivity index (χ4n) is 2.34. The first-order chi connectivity index (χ1) is 12.6. The number of hydrogen-bond acceptors (Lipinski definition) is 3. The summed E-state index contributed by atoms with van der Waals surface area (Å²) in [6.07, 6.45) is 5.66. The number of hydrogen-bond donors (Lipinski definition) is 2. The van der Waals surface area contributed by atoms with Gasteiger partial charge in [-0.25, -0.2) is 4.99 Å². The van der Waals surface area contributed by atoms with Crippen LogP contribution in [0.15, 0.2) is 29.3 Å². The normalized spacial score (nSPS) is 11.2. The highest BCUT2D eigenvalue weighted by Gasteiger charge is 2.04. The maximum atomic E-state index is 11.8. The average molecular weight is 363 g/mol. The summed E-state index contributed by atoms with van der Waals surface area (Å²) in [5.41, 5.74) is 1.23. The number of unbranched alkanes of at least 4 members (excludes halogenated alkanes) is 3. The number of aliphatic imine (C=N–C) groups is 1. The number of guanidine groups is 1. The van der Waals surface area contributed by atoms with E-state index < -0.39 is 0 Å². The Morgan fingerprint density at radius 3 is 2.38 bits per heavy atom. The second-order valence-electron chi connectivity index (χ2n) is 6.47. The van der Waals surface area contributed by atoms with Gasteiger partial charge in [0.15, 0.2) is 5.96 Å². The third kappa shape index (κ3) is 9.30. The van der Waals surface area contributed by atoms with Gasteiger partial charge >= 0.3 is 0 Å². The minimum Gasteiger partial charge on any atom is -0.497 e. The molecule has 146 valence electrons. The summed E-state index contributed by atoms with van der Waals surface area (Å²) in [6.45, 7) is 3.97. The van der Waals surface area contributed by atoms with Crippen LogP contribution in [0, 0.1) is 0 Å². The molecule has 0 aromatic heterocycles. The Labute approximate surface area is 158 Å². The Morgan fingerprint density at radius 2 is 1.77 bits per heavy atom. The fraction of sp³-hybridized carbons (Fsp3) is 0.600. The van der Waals surface area contributed by atoms with E-state index in [0.29, 0.717) is 5.96 Å². The van der Waals surface area contributed by atoms with E-state index in [9.17, 15) is 4.79 Å². The van der Waals surface area contributed by atoms with E-state index in [-0.39, 0.29) is 12.5 Å². The molecule has 1 aromatic carbocycles. The molecule has 1 rings (SSSR count). The van der Waals surface area contributed by atoms with Crippen LogP contribution in [0.2, 0.25) is 0 Å².